The van der Waals surface area contributed by atoms with Crippen molar-refractivity contribution in [2.75, 3.05) is 23.4 Å². The van der Waals surface area contributed by atoms with Crippen LogP contribution >= 0.6 is 11.8 Å². The number of hydrogen-bond acceptors (Lipinski definition) is 5. The van der Waals surface area contributed by atoms with Gasteiger partial charge in [-0.15, -0.1) is 0 Å². The molecule has 1 aromatic heterocycles. The van der Waals surface area contributed by atoms with Gasteiger partial charge in [-0.25, -0.2) is 4.79 Å². The number of thioether (sulfide) groups is 1. The highest BCUT2D eigenvalue weighted by molar-refractivity contribution is 7.99. The number of rotatable bonds is 3. The highest BCUT2D eigenvalue weighted by atomic mass is 32.2. The number of benzene rings is 1. The highest BCUT2D eigenvalue weighted by Gasteiger charge is 2.16. The molecule has 21 heavy (non-hydrogen) atoms. The lowest BCUT2D eigenvalue weighted by molar-refractivity contribution is -0.116. The topological polar surface area (TPSA) is 71.3 Å². The Morgan fingerprint density at radius 2 is 2.29 bits per heavy atom. The molecular formula is C15H16N2O3S. The molecule has 0 spiro atoms. The summed E-state index contributed by atoms with van der Waals surface area (Å²) in [6, 6.07) is 8.54. The van der Waals surface area contributed by atoms with Gasteiger partial charge in [0.15, 0.2) is 0 Å². The SMILES string of the molecule is O=C(CC1CSCCN1)Nc1ccc2oc(=O)ccc2c1. The van der Waals surface area contributed by atoms with Crippen LogP contribution in [0.5, 0.6) is 0 Å². The van der Waals surface area contributed by atoms with Crippen molar-refractivity contribution >= 4 is 34.3 Å². The van der Waals surface area contributed by atoms with Crippen LogP contribution in [0.2, 0.25) is 0 Å². The molecule has 2 heterocycles. The summed E-state index contributed by atoms with van der Waals surface area (Å²) in [7, 11) is 0. The zero-order valence-corrected chi connectivity index (χ0v) is 12.2. The first kappa shape index (κ1) is 14.2. The van der Waals surface area contributed by atoms with Crippen molar-refractivity contribution in [2.24, 2.45) is 0 Å². The van der Waals surface area contributed by atoms with Crippen molar-refractivity contribution in [1.29, 1.82) is 0 Å². The molecule has 3 rings (SSSR count). The van der Waals surface area contributed by atoms with Gasteiger partial charge in [-0.1, -0.05) is 0 Å². The molecule has 2 aromatic rings. The average Bonchev–Trinajstić information content (AvgIpc) is 2.48. The van der Waals surface area contributed by atoms with Crippen LogP contribution in [0.4, 0.5) is 5.69 Å². The molecule has 0 aliphatic carbocycles. The molecule has 1 amide bonds. The van der Waals surface area contributed by atoms with E-state index in [-0.39, 0.29) is 17.6 Å². The number of carbonyl (C=O) groups excluding carboxylic acids is 1. The van der Waals surface area contributed by atoms with Crippen molar-refractivity contribution in [3.8, 4) is 0 Å². The van der Waals surface area contributed by atoms with Gasteiger partial charge in [0.05, 0.1) is 0 Å². The zero-order valence-electron chi connectivity index (χ0n) is 11.4. The molecule has 0 saturated carbocycles. The third-order valence-electron chi connectivity index (χ3n) is 3.33. The first-order valence-electron chi connectivity index (χ1n) is 6.85. The lowest BCUT2D eigenvalue weighted by Crippen LogP contribution is -2.39. The van der Waals surface area contributed by atoms with Crippen LogP contribution in [0.25, 0.3) is 11.0 Å². The standard InChI is InChI=1S/C15H16N2O3S/c18-14(8-12-9-21-6-5-16-12)17-11-2-3-13-10(7-11)1-4-15(19)20-13/h1-4,7,12,16H,5-6,8-9H2,(H,17,18). The van der Waals surface area contributed by atoms with E-state index in [1.165, 1.54) is 6.07 Å². The van der Waals surface area contributed by atoms with Crippen LogP contribution in [0.3, 0.4) is 0 Å². The zero-order chi connectivity index (χ0) is 14.7. The Morgan fingerprint density at radius 3 is 3.10 bits per heavy atom. The van der Waals surface area contributed by atoms with E-state index >= 15 is 0 Å². The first-order chi connectivity index (χ1) is 10.2. The molecule has 1 aromatic carbocycles. The second-order valence-corrected chi connectivity index (χ2v) is 6.14. The number of carbonyl (C=O) groups is 1. The molecule has 6 heteroatoms. The van der Waals surface area contributed by atoms with Crippen LogP contribution < -0.4 is 16.3 Å². The fourth-order valence-corrected chi connectivity index (χ4v) is 3.29. The fraction of sp³-hybridized carbons (Fsp3) is 0.333. The summed E-state index contributed by atoms with van der Waals surface area (Å²) in [5, 5.41) is 7.02. The Balaban J connectivity index is 1.67. The summed E-state index contributed by atoms with van der Waals surface area (Å²) in [5.41, 5.74) is 0.857. The molecule has 110 valence electrons. The maximum atomic E-state index is 12.0. The van der Waals surface area contributed by atoms with Crippen LogP contribution in [0, 0.1) is 0 Å². The molecule has 1 aliphatic heterocycles. The fourth-order valence-electron chi connectivity index (χ4n) is 2.34. The molecular weight excluding hydrogens is 288 g/mol. The maximum absolute atomic E-state index is 12.0. The van der Waals surface area contributed by atoms with E-state index in [2.05, 4.69) is 10.6 Å². The predicted molar refractivity (Wildman–Crippen MR) is 84.8 cm³/mol. The van der Waals surface area contributed by atoms with Crippen LogP contribution in [0.1, 0.15) is 6.42 Å². The Kier molecular flexibility index (Phi) is 4.26. The molecule has 1 saturated heterocycles. The van der Waals surface area contributed by atoms with Gasteiger partial charge in [0.2, 0.25) is 5.91 Å². The Bertz CT molecular complexity index is 707. The third kappa shape index (κ3) is 3.65. The Hall–Kier alpha value is -1.79. The largest absolute Gasteiger partial charge is 0.423 e. The normalized spacial score (nSPS) is 18.6. The summed E-state index contributed by atoms with van der Waals surface area (Å²) in [4.78, 5) is 23.2. The van der Waals surface area contributed by atoms with E-state index in [1.807, 2.05) is 11.8 Å². The van der Waals surface area contributed by atoms with E-state index in [9.17, 15) is 9.59 Å². The minimum atomic E-state index is -0.375. The van der Waals surface area contributed by atoms with E-state index in [0.29, 0.717) is 17.7 Å². The maximum Gasteiger partial charge on any atom is 0.336 e. The monoisotopic (exact) mass is 304 g/mol. The molecule has 1 unspecified atom stereocenters. The van der Waals surface area contributed by atoms with Gasteiger partial charge in [0, 0.05) is 47.7 Å². The number of hydrogen-bond donors (Lipinski definition) is 2. The molecule has 0 bridgehead atoms. The Morgan fingerprint density at radius 1 is 1.38 bits per heavy atom. The van der Waals surface area contributed by atoms with Crippen molar-refractivity contribution in [3.63, 3.8) is 0 Å². The lowest BCUT2D eigenvalue weighted by atomic mass is 10.2. The number of nitrogens with one attached hydrogen (secondary N) is 2. The molecule has 1 aliphatic rings. The number of amides is 1. The van der Waals surface area contributed by atoms with E-state index in [1.54, 1.807) is 24.3 Å². The molecule has 5 nitrogen and oxygen atoms in total. The summed E-state index contributed by atoms with van der Waals surface area (Å²) >= 11 is 1.87. The van der Waals surface area contributed by atoms with Crippen molar-refractivity contribution in [3.05, 3.63) is 40.8 Å². The molecule has 1 fully saturated rings. The molecule has 2 N–H and O–H groups in total. The highest BCUT2D eigenvalue weighted by Crippen LogP contribution is 2.18. The first-order valence-corrected chi connectivity index (χ1v) is 8.01. The van der Waals surface area contributed by atoms with Gasteiger partial charge in [-0.3, -0.25) is 4.79 Å². The number of fused-ring (bicyclic) bond motifs is 1. The lowest BCUT2D eigenvalue weighted by Gasteiger charge is -2.22. The van der Waals surface area contributed by atoms with Crippen molar-refractivity contribution in [1.82, 2.24) is 5.32 Å². The van der Waals surface area contributed by atoms with E-state index < -0.39 is 0 Å². The minimum Gasteiger partial charge on any atom is -0.423 e. The van der Waals surface area contributed by atoms with Gasteiger partial charge >= 0.3 is 5.63 Å². The van der Waals surface area contributed by atoms with Crippen LogP contribution in [-0.4, -0.2) is 30.0 Å². The van der Waals surface area contributed by atoms with Gasteiger partial charge < -0.3 is 15.1 Å². The Labute approximate surface area is 126 Å². The molecule has 0 radical (unpaired) electrons. The third-order valence-corrected chi connectivity index (χ3v) is 4.46. The molecule has 1 atom stereocenters. The van der Waals surface area contributed by atoms with Gasteiger partial charge in [-0.2, -0.15) is 11.8 Å². The summed E-state index contributed by atoms with van der Waals surface area (Å²) in [5.74, 6) is 2.07. The van der Waals surface area contributed by atoms with E-state index in [0.717, 1.165) is 23.4 Å². The van der Waals surface area contributed by atoms with Crippen molar-refractivity contribution in [2.45, 2.75) is 12.5 Å². The number of anilines is 1. The van der Waals surface area contributed by atoms with E-state index in [4.69, 9.17) is 4.42 Å². The van der Waals surface area contributed by atoms with Crippen LogP contribution in [-0.2, 0) is 4.79 Å². The summed E-state index contributed by atoms with van der Waals surface area (Å²) in [6.45, 7) is 0.956. The van der Waals surface area contributed by atoms with Gasteiger partial charge in [-0.05, 0) is 24.3 Å². The average molecular weight is 304 g/mol. The summed E-state index contributed by atoms with van der Waals surface area (Å²) < 4.78 is 5.06. The van der Waals surface area contributed by atoms with Gasteiger partial charge in [0.1, 0.15) is 5.58 Å². The quantitative estimate of drug-likeness (QED) is 0.847. The second-order valence-electron chi connectivity index (χ2n) is 4.99. The van der Waals surface area contributed by atoms with Crippen molar-refractivity contribution < 1.29 is 9.21 Å². The predicted octanol–water partition coefficient (Wildman–Crippen LogP) is 1.83. The van der Waals surface area contributed by atoms with Crippen LogP contribution in [0.15, 0.2) is 39.5 Å². The second kappa shape index (κ2) is 6.32. The smallest absolute Gasteiger partial charge is 0.336 e. The summed E-state index contributed by atoms with van der Waals surface area (Å²) in [6.07, 6.45) is 0.467. The minimum absolute atomic E-state index is 0.00765. The van der Waals surface area contributed by atoms with Gasteiger partial charge in [0.25, 0.3) is 0 Å².